The number of sulfone groups is 1. The Balaban J connectivity index is 3.16. The average molecular weight is 421 g/mol. The molecule has 0 aliphatic rings. The maximum atomic E-state index is 12.3. The van der Waals surface area contributed by atoms with Gasteiger partial charge in [-0.3, -0.25) is 5.41 Å². The predicted octanol–water partition coefficient (Wildman–Crippen LogP) is 0.852. The second kappa shape index (κ2) is 8.23. The zero-order valence-corrected chi connectivity index (χ0v) is 17.4. The van der Waals surface area contributed by atoms with Gasteiger partial charge in [-0.15, -0.1) is 9.35 Å². The number of carbonyl (C=O) groups is 1. The summed E-state index contributed by atoms with van der Waals surface area (Å²) in [6.07, 6.45) is 1.81. The Morgan fingerprint density at radius 3 is 2.19 bits per heavy atom. The fourth-order valence-electron chi connectivity index (χ4n) is 2.28. The van der Waals surface area contributed by atoms with Crippen molar-refractivity contribution in [2.75, 3.05) is 19.6 Å². The molecule has 3 N–H and O–H groups in total. The highest BCUT2D eigenvalue weighted by Gasteiger charge is 2.26. The van der Waals surface area contributed by atoms with Gasteiger partial charge in [0.1, 0.15) is 0 Å². The van der Waals surface area contributed by atoms with E-state index in [-0.39, 0.29) is 22.4 Å². The normalized spacial score (nSPS) is 12.1. The molecule has 0 saturated heterocycles. The summed E-state index contributed by atoms with van der Waals surface area (Å²) in [4.78, 5) is 13.6. The molecule has 0 aliphatic carbocycles. The number of hydrogen-bond donors (Lipinski definition) is 2. The number of hydroxylamine groups is 2. The van der Waals surface area contributed by atoms with E-state index in [9.17, 15) is 21.6 Å². The lowest BCUT2D eigenvalue weighted by molar-refractivity contribution is 0.0424. The lowest BCUT2D eigenvalue weighted by atomic mass is 10.0. The number of urea groups is 1. The third-order valence-corrected chi connectivity index (χ3v) is 5.02. The van der Waals surface area contributed by atoms with Gasteiger partial charge in [-0.1, -0.05) is 26.0 Å². The Morgan fingerprint density at radius 2 is 1.78 bits per heavy atom. The Kier molecular flexibility index (Phi) is 6.97. The van der Waals surface area contributed by atoms with Gasteiger partial charge in [0, 0.05) is 19.8 Å². The Morgan fingerprint density at radius 1 is 1.22 bits per heavy atom. The van der Waals surface area contributed by atoms with Gasteiger partial charge in [0.15, 0.2) is 9.84 Å². The first-order valence-corrected chi connectivity index (χ1v) is 11.5. The van der Waals surface area contributed by atoms with Crippen molar-refractivity contribution in [3.05, 3.63) is 29.3 Å². The molecular weight excluding hydrogens is 396 g/mol. The number of nitrogens with two attached hydrogens (primary N) is 1. The summed E-state index contributed by atoms with van der Waals surface area (Å²) in [7, 11) is -6.23. The topological polar surface area (TPSA) is 151 Å². The van der Waals surface area contributed by atoms with E-state index in [4.69, 9.17) is 11.1 Å². The number of nitrogens with one attached hydrogen (secondary N) is 1. The summed E-state index contributed by atoms with van der Waals surface area (Å²) in [6.45, 7) is 3.68. The van der Waals surface area contributed by atoms with E-state index in [1.54, 1.807) is 12.1 Å². The molecular formula is C15H24N4O6S2. The van der Waals surface area contributed by atoms with E-state index in [2.05, 4.69) is 4.28 Å². The van der Waals surface area contributed by atoms with Crippen molar-refractivity contribution < 1.29 is 25.9 Å². The molecule has 152 valence electrons. The zero-order chi connectivity index (χ0) is 21.2. The van der Waals surface area contributed by atoms with Gasteiger partial charge in [0.05, 0.1) is 11.2 Å². The minimum atomic E-state index is -4.08. The lowest BCUT2D eigenvalue weighted by Gasteiger charge is -2.25. The smallest absolute Gasteiger partial charge is 0.352 e. The monoisotopic (exact) mass is 420 g/mol. The van der Waals surface area contributed by atoms with Gasteiger partial charge < -0.3 is 10.6 Å². The fourth-order valence-corrected chi connectivity index (χ4v) is 3.79. The summed E-state index contributed by atoms with van der Waals surface area (Å²) in [5.74, 6) is -0.927. The van der Waals surface area contributed by atoms with Gasteiger partial charge in [-0.2, -0.15) is 8.42 Å². The Bertz CT molecular complexity index is 941. The van der Waals surface area contributed by atoms with Crippen LogP contribution in [-0.2, 0) is 30.8 Å². The van der Waals surface area contributed by atoms with Crippen LogP contribution in [0.4, 0.5) is 4.79 Å². The van der Waals surface area contributed by atoms with Crippen molar-refractivity contribution in [3.63, 3.8) is 0 Å². The third-order valence-electron chi connectivity index (χ3n) is 3.45. The molecule has 0 spiro atoms. The van der Waals surface area contributed by atoms with Crippen LogP contribution in [0, 0.1) is 5.41 Å². The third kappa shape index (κ3) is 6.48. The quantitative estimate of drug-likeness (QED) is 0.393. The molecule has 1 aromatic rings. The van der Waals surface area contributed by atoms with Gasteiger partial charge in [0.2, 0.25) is 5.96 Å². The van der Waals surface area contributed by atoms with Crippen molar-refractivity contribution in [3.8, 4) is 0 Å². The highest BCUT2D eigenvalue weighted by Crippen LogP contribution is 2.25. The van der Waals surface area contributed by atoms with Crippen molar-refractivity contribution in [2.45, 2.75) is 31.2 Å². The fraction of sp³-hybridized carbons (Fsp3) is 0.467. The first-order chi connectivity index (χ1) is 12.1. The molecule has 27 heavy (non-hydrogen) atoms. The van der Waals surface area contributed by atoms with Crippen LogP contribution in [0.15, 0.2) is 23.1 Å². The SMILES string of the molecule is CC(C)c1ccc(CN(C)C(=O)N(OS(C)(=O)=O)C(=N)N)cc1S(C)(=O)=O. The molecule has 1 rings (SSSR count). The summed E-state index contributed by atoms with van der Waals surface area (Å²) in [5, 5.41) is 7.45. The Labute approximate surface area is 159 Å². The summed E-state index contributed by atoms with van der Waals surface area (Å²) >= 11 is 0. The molecule has 0 aliphatic heterocycles. The van der Waals surface area contributed by atoms with Crippen LogP contribution in [0.25, 0.3) is 0 Å². The lowest BCUT2D eigenvalue weighted by Crippen LogP contribution is -2.48. The minimum absolute atomic E-state index is 0.0144. The molecule has 2 amide bonds. The molecule has 0 radical (unpaired) electrons. The molecule has 1 aromatic carbocycles. The number of rotatable bonds is 6. The highest BCUT2D eigenvalue weighted by atomic mass is 32.2. The second-order valence-electron chi connectivity index (χ2n) is 6.40. The number of hydrogen-bond acceptors (Lipinski definition) is 7. The molecule has 0 bridgehead atoms. The molecule has 0 saturated carbocycles. The minimum Gasteiger partial charge on any atom is -0.368 e. The van der Waals surface area contributed by atoms with Crippen molar-refractivity contribution in [1.82, 2.24) is 9.96 Å². The van der Waals surface area contributed by atoms with Gasteiger partial charge in [-0.05, 0) is 23.1 Å². The second-order valence-corrected chi connectivity index (χ2v) is 9.94. The zero-order valence-electron chi connectivity index (χ0n) is 15.8. The van der Waals surface area contributed by atoms with Crippen LogP contribution in [-0.4, -0.2) is 58.3 Å². The molecule has 0 fully saturated rings. The largest absolute Gasteiger partial charge is 0.368 e. The van der Waals surface area contributed by atoms with Crippen molar-refractivity contribution >= 4 is 31.9 Å². The van der Waals surface area contributed by atoms with Crippen LogP contribution in [0.3, 0.4) is 0 Å². The molecule has 0 aromatic heterocycles. The molecule has 0 atom stereocenters. The van der Waals surface area contributed by atoms with E-state index in [0.29, 0.717) is 17.4 Å². The number of carbonyl (C=O) groups excluding carboxylic acids is 1. The van der Waals surface area contributed by atoms with Crippen LogP contribution in [0.2, 0.25) is 0 Å². The summed E-state index contributed by atoms with van der Waals surface area (Å²) in [5.41, 5.74) is 6.36. The van der Waals surface area contributed by atoms with Gasteiger partial charge in [-0.25, -0.2) is 13.2 Å². The van der Waals surface area contributed by atoms with Crippen molar-refractivity contribution in [2.24, 2.45) is 5.73 Å². The molecule has 0 unspecified atom stereocenters. The molecule has 12 heteroatoms. The number of amides is 2. The van der Waals surface area contributed by atoms with E-state index < -0.39 is 31.9 Å². The van der Waals surface area contributed by atoms with Crippen molar-refractivity contribution in [1.29, 1.82) is 5.41 Å². The van der Waals surface area contributed by atoms with E-state index >= 15 is 0 Å². The van der Waals surface area contributed by atoms with Crippen LogP contribution < -0.4 is 5.73 Å². The van der Waals surface area contributed by atoms with E-state index in [0.717, 1.165) is 11.2 Å². The first-order valence-electron chi connectivity index (χ1n) is 7.75. The average Bonchev–Trinajstić information content (AvgIpc) is 2.49. The van der Waals surface area contributed by atoms with Crippen LogP contribution in [0.1, 0.15) is 30.9 Å². The standard InChI is InChI=1S/C15H24N4O6S2/c1-10(2)12-7-6-11(8-13(12)26(4,21)22)9-18(3)15(20)19(14(16)17)25-27(5,23)24/h6-8,10H,9H2,1-5H3,(H3,16,17). The first kappa shape index (κ1) is 22.9. The predicted molar refractivity (Wildman–Crippen MR) is 100 cm³/mol. The number of nitrogens with zero attached hydrogens (tertiary/aromatic N) is 2. The van der Waals surface area contributed by atoms with Gasteiger partial charge >= 0.3 is 6.03 Å². The highest BCUT2D eigenvalue weighted by molar-refractivity contribution is 7.90. The van der Waals surface area contributed by atoms with Crippen LogP contribution >= 0.6 is 0 Å². The van der Waals surface area contributed by atoms with E-state index in [1.807, 2.05) is 13.8 Å². The van der Waals surface area contributed by atoms with Crippen LogP contribution in [0.5, 0.6) is 0 Å². The Hall–Kier alpha value is -2.18. The number of guanidine groups is 1. The number of benzene rings is 1. The molecule has 0 heterocycles. The maximum Gasteiger partial charge on any atom is 0.352 e. The summed E-state index contributed by atoms with van der Waals surface area (Å²) < 4.78 is 51.0. The summed E-state index contributed by atoms with van der Waals surface area (Å²) in [6, 6.07) is 3.80. The maximum absolute atomic E-state index is 12.3. The van der Waals surface area contributed by atoms with Gasteiger partial charge in [0.25, 0.3) is 10.1 Å². The molecule has 10 nitrogen and oxygen atoms in total. The van der Waals surface area contributed by atoms with E-state index in [1.165, 1.54) is 13.1 Å².